The number of hydrogen-bond donors (Lipinski definition) is 2. The van der Waals surface area contributed by atoms with Crippen molar-refractivity contribution in [3.8, 4) is 0 Å². The lowest BCUT2D eigenvalue weighted by molar-refractivity contribution is 0.308. The Morgan fingerprint density at radius 2 is 2.06 bits per heavy atom. The van der Waals surface area contributed by atoms with E-state index in [2.05, 4.69) is 30.1 Å². The van der Waals surface area contributed by atoms with Crippen molar-refractivity contribution in [2.24, 2.45) is 15.9 Å². The Morgan fingerprint density at radius 1 is 1.29 bits per heavy atom. The quantitative estimate of drug-likeness (QED) is 0.427. The first-order chi connectivity index (χ1) is 8.27. The molecule has 0 spiro atoms. The third kappa shape index (κ3) is 2.62. The van der Waals surface area contributed by atoms with Crippen molar-refractivity contribution < 1.29 is 4.63 Å². The van der Waals surface area contributed by atoms with E-state index in [9.17, 15) is 0 Å². The monoisotopic (exact) mass is 231 g/mol. The average Bonchev–Trinajstić information content (AvgIpc) is 2.77. The van der Waals surface area contributed by atoms with E-state index in [4.69, 9.17) is 11.5 Å². The lowest BCUT2D eigenvalue weighted by atomic mass is 10.3. The molecule has 8 heteroatoms. The molecule has 0 bridgehead atoms. The Bertz CT molecular complexity index is 545. The second-order valence-corrected chi connectivity index (χ2v) is 3.01. The van der Waals surface area contributed by atoms with Crippen LogP contribution in [0.15, 0.2) is 39.4 Å². The van der Waals surface area contributed by atoms with Crippen molar-refractivity contribution >= 4 is 17.9 Å². The van der Waals surface area contributed by atoms with Crippen LogP contribution in [0.1, 0.15) is 11.3 Å². The van der Waals surface area contributed by atoms with E-state index >= 15 is 0 Å². The zero-order valence-electron chi connectivity index (χ0n) is 8.69. The highest BCUT2D eigenvalue weighted by molar-refractivity contribution is 5.99. The molecule has 0 saturated heterocycles. The maximum atomic E-state index is 5.59. The van der Waals surface area contributed by atoms with Crippen LogP contribution in [0, 0.1) is 0 Å². The first kappa shape index (κ1) is 10.7. The topological polar surface area (TPSA) is 129 Å². The summed E-state index contributed by atoms with van der Waals surface area (Å²) in [5, 5.41) is 14.4. The summed E-state index contributed by atoms with van der Waals surface area (Å²) >= 11 is 0. The Hall–Kier alpha value is -2.77. The highest BCUT2D eigenvalue weighted by Gasteiger charge is 2.09. The van der Waals surface area contributed by atoms with E-state index in [0.717, 1.165) is 5.56 Å². The molecule has 0 aliphatic rings. The van der Waals surface area contributed by atoms with Gasteiger partial charge in [-0.15, -0.1) is 5.10 Å². The molecule has 2 rings (SSSR count). The smallest absolute Gasteiger partial charge is 0.199 e. The molecule has 4 N–H and O–H groups in total. The predicted molar refractivity (Wildman–Crippen MR) is 61.3 cm³/mol. The number of amidine groups is 1. The van der Waals surface area contributed by atoms with Crippen LogP contribution in [0.4, 0.5) is 5.82 Å². The van der Waals surface area contributed by atoms with E-state index in [1.54, 1.807) is 24.5 Å². The van der Waals surface area contributed by atoms with Crippen molar-refractivity contribution in [3.05, 3.63) is 35.8 Å². The van der Waals surface area contributed by atoms with Crippen molar-refractivity contribution in [1.29, 1.82) is 0 Å². The van der Waals surface area contributed by atoms with Crippen LogP contribution in [0.3, 0.4) is 0 Å². The summed E-state index contributed by atoms with van der Waals surface area (Å²) in [6.45, 7) is 0. The van der Waals surface area contributed by atoms with Crippen LogP contribution in [0.25, 0.3) is 0 Å². The van der Waals surface area contributed by atoms with Gasteiger partial charge in [0.2, 0.25) is 0 Å². The summed E-state index contributed by atoms with van der Waals surface area (Å²) in [4.78, 5) is 3.87. The molecule has 0 aromatic carbocycles. The molecule has 0 radical (unpaired) electrons. The lowest BCUT2D eigenvalue weighted by Crippen LogP contribution is -2.15. The molecule has 2 aromatic rings. The van der Waals surface area contributed by atoms with Gasteiger partial charge in [-0.25, -0.2) is 4.63 Å². The first-order valence-corrected chi connectivity index (χ1v) is 4.62. The van der Waals surface area contributed by atoms with Gasteiger partial charge in [0.1, 0.15) is 0 Å². The van der Waals surface area contributed by atoms with Gasteiger partial charge in [-0.05, 0) is 28.0 Å². The van der Waals surface area contributed by atoms with Gasteiger partial charge < -0.3 is 11.5 Å². The minimum absolute atomic E-state index is 0.0362. The van der Waals surface area contributed by atoms with E-state index in [1.165, 1.54) is 6.21 Å². The SMILES string of the molecule is N/C(=N\N=C\c1ccncc1)c1nonc1N. The fraction of sp³-hybridized carbons (Fsp3) is 0. The molecule has 0 aliphatic carbocycles. The molecule has 2 aromatic heterocycles. The van der Waals surface area contributed by atoms with Crippen molar-refractivity contribution in [1.82, 2.24) is 15.3 Å². The van der Waals surface area contributed by atoms with E-state index in [1.807, 2.05) is 0 Å². The molecule has 86 valence electrons. The Morgan fingerprint density at radius 3 is 2.71 bits per heavy atom. The predicted octanol–water partition coefficient (Wildman–Crippen LogP) is -0.214. The van der Waals surface area contributed by atoms with Crippen LogP contribution in [-0.2, 0) is 0 Å². The summed E-state index contributed by atoms with van der Waals surface area (Å²) in [6.07, 6.45) is 4.82. The summed E-state index contributed by atoms with van der Waals surface area (Å²) in [7, 11) is 0. The van der Waals surface area contributed by atoms with Gasteiger partial charge in [-0.2, -0.15) is 5.10 Å². The number of rotatable bonds is 3. The highest BCUT2D eigenvalue weighted by Crippen LogP contribution is 2.03. The van der Waals surface area contributed by atoms with E-state index in [0.29, 0.717) is 0 Å². The number of nitrogen functional groups attached to an aromatic ring is 1. The standard InChI is InChI=1S/C9H9N7O/c10-8(7-9(11)16-17-15-7)14-13-5-6-1-3-12-4-2-6/h1-5H,(H2,10,14)(H2,11,16)/b13-5+. The fourth-order valence-corrected chi connectivity index (χ4v) is 1.03. The number of nitrogens with zero attached hydrogens (tertiary/aromatic N) is 5. The second-order valence-electron chi connectivity index (χ2n) is 3.01. The molecular weight excluding hydrogens is 222 g/mol. The fourth-order valence-electron chi connectivity index (χ4n) is 1.03. The summed E-state index contributed by atoms with van der Waals surface area (Å²) in [5.41, 5.74) is 12.0. The van der Waals surface area contributed by atoms with Crippen LogP contribution in [0.5, 0.6) is 0 Å². The molecule has 0 unspecified atom stereocenters. The Balaban J connectivity index is 2.11. The zero-order valence-corrected chi connectivity index (χ0v) is 8.69. The van der Waals surface area contributed by atoms with E-state index < -0.39 is 0 Å². The number of nitrogens with two attached hydrogens (primary N) is 2. The van der Waals surface area contributed by atoms with Crippen LogP contribution >= 0.6 is 0 Å². The van der Waals surface area contributed by atoms with Crippen molar-refractivity contribution in [3.63, 3.8) is 0 Å². The Labute approximate surface area is 96.0 Å². The van der Waals surface area contributed by atoms with Crippen molar-refractivity contribution in [2.75, 3.05) is 5.73 Å². The van der Waals surface area contributed by atoms with Gasteiger partial charge in [0.15, 0.2) is 17.3 Å². The van der Waals surface area contributed by atoms with Gasteiger partial charge >= 0.3 is 0 Å². The Kier molecular flexibility index (Phi) is 3.05. The first-order valence-electron chi connectivity index (χ1n) is 4.62. The molecule has 2 heterocycles. The van der Waals surface area contributed by atoms with Crippen LogP contribution in [0.2, 0.25) is 0 Å². The second kappa shape index (κ2) is 4.84. The van der Waals surface area contributed by atoms with Gasteiger partial charge in [-0.3, -0.25) is 4.98 Å². The number of aromatic nitrogens is 3. The number of hydrogen-bond acceptors (Lipinski definition) is 7. The van der Waals surface area contributed by atoms with Crippen molar-refractivity contribution in [2.45, 2.75) is 0 Å². The number of pyridine rings is 1. The highest BCUT2D eigenvalue weighted by atomic mass is 16.6. The third-order valence-electron chi connectivity index (χ3n) is 1.83. The molecule has 17 heavy (non-hydrogen) atoms. The van der Waals surface area contributed by atoms with E-state index in [-0.39, 0.29) is 17.3 Å². The zero-order chi connectivity index (χ0) is 12.1. The molecule has 0 aliphatic heterocycles. The molecule has 0 amide bonds. The summed E-state index contributed by atoms with van der Waals surface area (Å²) in [5.74, 6) is 0.111. The molecule has 0 atom stereocenters. The van der Waals surface area contributed by atoms with Gasteiger partial charge in [-0.1, -0.05) is 0 Å². The molecule has 0 saturated carbocycles. The summed E-state index contributed by atoms with van der Waals surface area (Å²) < 4.78 is 4.39. The molecular formula is C9H9N7O. The minimum atomic E-state index is 0.0362. The van der Waals surface area contributed by atoms with Gasteiger partial charge in [0.25, 0.3) is 0 Å². The number of anilines is 1. The van der Waals surface area contributed by atoms with Gasteiger partial charge in [0.05, 0.1) is 6.21 Å². The third-order valence-corrected chi connectivity index (χ3v) is 1.83. The molecule has 8 nitrogen and oxygen atoms in total. The van der Waals surface area contributed by atoms with Crippen LogP contribution < -0.4 is 11.5 Å². The maximum absolute atomic E-state index is 5.59. The minimum Gasteiger partial charge on any atom is -0.380 e. The largest absolute Gasteiger partial charge is 0.380 e. The average molecular weight is 231 g/mol. The van der Waals surface area contributed by atoms with Crippen LogP contribution in [-0.4, -0.2) is 27.3 Å². The van der Waals surface area contributed by atoms with Gasteiger partial charge in [0, 0.05) is 12.4 Å². The molecule has 0 fully saturated rings. The maximum Gasteiger partial charge on any atom is 0.199 e. The summed E-state index contributed by atoms with van der Waals surface area (Å²) in [6, 6.07) is 3.56. The lowest BCUT2D eigenvalue weighted by Gasteiger charge is -1.91. The normalized spacial score (nSPS) is 12.1.